The van der Waals surface area contributed by atoms with Gasteiger partial charge in [-0.2, -0.15) is 0 Å². The third-order valence-corrected chi connectivity index (χ3v) is 2.10. The number of methoxy groups -OCH3 is 1. The molecular formula is C13H22O2. The first kappa shape index (κ1) is 13.9. The van der Waals surface area contributed by atoms with E-state index in [9.17, 15) is 4.79 Å². The van der Waals surface area contributed by atoms with Crippen LogP contribution in [0.15, 0.2) is 24.3 Å². The summed E-state index contributed by atoms with van der Waals surface area (Å²) in [4.78, 5) is 10.7. The Morgan fingerprint density at radius 3 is 2.33 bits per heavy atom. The molecule has 0 spiro atoms. The zero-order valence-corrected chi connectivity index (χ0v) is 9.87. The first-order chi connectivity index (χ1) is 7.31. The zero-order valence-electron chi connectivity index (χ0n) is 9.87. The van der Waals surface area contributed by atoms with Crippen LogP contribution in [0, 0.1) is 0 Å². The highest BCUT2D eigenvalue weighted by Gasteiger charge is 1.90. The minimum absolute atomic E-state index is 0.263. The molecule has 0 bridgehead atoms. The molecule has 0 radical (unpaired) electrons. The highest BCUT2D eigenvalue weighted by Crippen LogP contribution is 2.04. The molecule has 0 aromatic rings. The van der Waals surface area contributed by atoms with Crippen LogP contribution in [0.3, 0.4) is 0 Å². The van der Waals surface area contributed by atoms with Crippen molar-refractivity contribution in [3.8, 4) is 0 Å². The van der Waals surface area contributed by atoms with E-state index in [-0.39, 0.29) is 5.97 Å². The Morgan fingerprint density at radius 2 is 1.73 bits per heavy atom. The molecule has 0 N–H and O–H groups in total. The molecule has 0 rings (SSSR count). The Balaban J connectivity index is 3.21. The molecule has 0 saturated heterocycles. The van der Waals surface area contributed by atoms with Crippen molar-refractivity contribution in [1.29, 1.82) is 0 Å². The monoisotopic (exact) mass is 210 g/mol. The van der Waals surface area contributed by atoms with E-state index in [0.29, 0.717) is 0 Å². The Kier molecular flexibility index (Phi) is 10.3. The van der Waals surface area contributed by atoms with E-state index in [1.165, 1.54) is 32.4 Å². The summed E-state index contributed by atoms with van der Waals surface area (Å²) >= 11 is 0. The number of hydrogen-bond acceptors (Lipinski definition) is 2. The van der Waals surface area contributed by atoms with Crippen molar-refractivity contribution < 1.29 is 9.53 Å². The van der Waals surface area contributed by atoms with Crippen LogP contribution in [0.1, 0.15) is 45.4 Å². The minimum Gasteiger partial charge on any atom is -0.466 e. The summed E-state index contributed by atoms with van der Waals surface area (Å²) in [7, 11) is 1.40. The third-order valence-electron chi connectivity index (χ3n) is 2.10. The number of allylic oxidation sites excluding steroid dienone is 3. The third kappa shape index (κ3) is 10.9. The molecule has 2 nitrogen and oxygen atoms in total. The highest BCUT2D eigenvalue weighted by molar-refractivity contribution is 5.81. The Morgan fingerprint density at radius 1 is 1.07 bits per heavy atom. The average Bonchev–Trinajstić information content (AvgIpc) is 2.26. The van der Waals surface area contributed by atoms with Crippen LogP contribution in [-0.2, 0) is 9.53 Å². The van der Waals surface area contributed by atoms with Gasteiger partial charge in [0.05, 0.1) is 7.11 Å². The molecule has 0 aliphatic heterocycles. The molecule has 0 aliphatic carbocycles. The number of ether oxygens (including phenoxy) is 1. The van der Waals surface area contributed by atoms with Crippen molar-refractivity contribution in [3.05, 3.63) is 24.3 Å². The second-order valence-corrected chi connectivity index (χ2v) is 3.44. The molecule has 0 heterocycles. The maximum atomic E-state index is 10.7. The topological polar surface area (TPSA) is 26.3 Å². The molecule has 0 unspecified atom stereocenters. The molecule has 0 amide bonds. The Bertz CT molecular complexity index is 205. The predicted octanol–water partition coefficient (Wildman–Crippen LogP) is 3.63. The first-order valence-corrected chi connectivity index (χ1v) is 5.70. The van der Waals surface area contributed by atoms with Gasteiger partial charge in [-0.1, -0.05) is 31.6 Å². The smallest absolute Gasteiger partial charge is 0.330 e. The van der Waals surface area contributed by atoms with Gasteiger partial charge in [0, 0.05) is 6.08 Å². The number of rotatable bonds is 8. The van der Waals surface area contributed by atoms with Gasteiger partial charge >= 0.3 is 5.97 Å². The maximum absolute atomic E-state index is 10.7. The van der Waals surface area contributed by atoms with Crippen LogP contribution in [0.2, 0.25) is 0 Å². The van der Waals surface area contributed by atoms with Gasteiger partial charge in [0.1, 0.15) is 0 Å². The fourth-order valence-corrected chi connectivity index (χ4v) is 1.23. The first-order valence-electron chi connectivity index (χ1n) is 5.70. The van der Waals surface area contributed by atoms with E-state index in [1.807, 2.05) is 6.08 Å². The Labute approximate surface area is 93.0 Å². The lowest BCUT2D eigenvalue weighted by Gasteiger charge is -1.95. The van der Waals surface area contributed by atoms with Crippen molar-refractivity contribution in [2.75, 3.05) is 7.11 Å². The molecule has 15 heavy (non-hydrogen) atoms. The number of carbonyl (C=O) groups excluding carboxylic acids is 1. The summed E-state index contributed by atoms with van der Waals surface area (Å²) < 4.78 is 4.49. The van der Waals surface area contributed by atoms with Crippen LogP contribution in [-0.4, -0.2) is 13.1 Å². The lowest BCUT2D eigenvalue weighted by atomic mass is 10.1. The molecule has 0 atom stereocenters. The second kappa shape index (κ2) is 11.0. The van der Waals surface area contributed by atoms with E-state index in [0.717, 1.165) is 19.3 Å². The van der Waals surface area contributed by atoms with Crippen LogP contribution >= 0.6 is 0 Å². The molecular weight excluding hydrogens is 188 g/mol. The van der Waals surface area contributed by atoms with Crippen LogP contribution < -0.4 is 0 Å². The summed E-state index contributed by atoms with van der Waals surface area (Å²) in [5, 5.41) is 0. The van der Waals surface area contributed by atoms with Gasteiger partial charge in [0.2, 0.25) is 0 Å². The van der Waals surface area contributed by atoms with Gasteiger partial charge in [-0.3, -0.25) is 0 Å². The number of carbonyl (C=O) groups is 1. The zero-order chi connectivity index (χ0) is 11.4. The van der Waals surface area contributed by atoms with E-state index in [4.69, 9.17) is 0 Å². The summed E-state index contributed by atoms with van der Waals surface area (Å²) in [5.74, 6) is -0.263. The lowest BCUT2D eigenvalue weighted by molar-refractivity contribution is -0.134. The summed E-state index contributed by atoms with van der Waals surface area (Å²) in [6.07, 6.45) is 14.7. The predicted molar refractivity (Wildman–Crippen MR) is 63.7 cm³/mol. The average molecular weight is 210 g/mol. The van der Waals surface area contributed by atoms with Gasteiger partial charge in [0.25, 0.3) is 0 Å². The summed E-state index contributed by atoms with van der Waals surface area (Å²) in [6, 6.07) is 0. The number of unbranched alkanes of at least 4 members (excludes halogenated alkanes) is 4. The maximum Gasteiger partial charge on any atom is 0.330 e. The van der Waals surface area contributed by atoms with E-state index in [2.05, 4.69) is 23.8 Å². The van der Waals surface area contributed by atoms with Gasteiger partial charge < -0.3 is 4.74 Å². The Hall–Kier alpha value is -1.05. The van der Waals surface area contributed by atoms with Crippen molar-refractivity contribution in [2.24, 2.45) is 0 Å². The van der Waals surface area contributed by atoms with Gasteiger partial charge in [-0.15, -0.1) is 0 Å². The lowest BCUT2D eigenvalue weighted by Crippen LogP contribution is -1.93. The molecule has 86 valence electrons. The van der Waals surface area contributed by atoms with Crippen LogP contribution in [0.5, 0.6) is 0 Å². The van der Waals surface area contributed by atoms with Crippen molar-refractivity contribution in [3.63, 3.8) is 0 Å². The summed E-state index contributed by atoms with van der Waals surface area (Å²) in [5.41, 5.74) is 0. The van der Waals surface area contributed by atoms with E-state index < -0.39 is 0 Å². The quantitative estimate of drug-likeness (QED) is 0.265. The van der Waals surface area contributed by atoms with Crippen molar-refractivity contribution >= 4 is 5.97 Å². The normalized spacial score (nSPS) is 11.3. The van der Waals surface area contributed by atoms with Gasteiger partial charge in [0.15, 0.2) is 0 Å². The van der Waals surface area contributed by atoms with Crippen LogP contribution in [0.4, 0.5) is 0 Å². The molecule has 0 aromatic carbocycles. The fraction of sp³-hybridized carbons (Fsp3) is 0.615. The van der Waals surface area contributed by atoms with Crippen molar-refractivity contribution in [1.82, 2.24) is 0 Å². The molecule has 0 aliphatic rings. The van der Waals surface area contributed by atoms with E-state index in [1.54, 1.807) is 0 Å². The summed E-state index contributed by atoms with van der Waals surface area (Å²) in [6.45, 7) is 2.15. The standard InChI is InChI=1S/C13H22O2/c1-3-4-5-6-7-8-9-10-11-12-13(14)15-2/h4-5,11-12H,3,6-10H2,1-2H3. The fourth-order valence-electron chi connectivity index (χ4n) is 1.23. The minimum atomic E-state index is -0.263. The van der Waals surface area contributed by atoms with Gasteiger partial charge in [-0.25, -0.2) is 4.79 Å². The molecule has 2 heteroatoms. The largest absolute Gasteiger partial charge is 0.466 e. The highest BCUT2D eigenvalue weighted by atomic mass is 16.5. The molecule has 0 saturated carbocycles. The van der Waals surface area contributed by atoms with Crippen LogP contribution in [0.25, 0.3) is 0 Å². The SMILES string of the molecule is CCC=CCCCCCC=CC(=O)OC. The molecule has 0 aromatic heterocycles. The second-order valence-electron chi connectivity index (χ2n) is 3.44. The van der Waals surface area contributed by atoms with Gasteiger partial charge in [-0.05, 0) is 32.1 Å². The number of esters is 1. The van der Waals surface area contributed by atoms with E-state index >= 15 is 0 Å². The van der Waals surface area contributed by atoms with Crippen molar-refractivity contribution in [2.45, 2.75) is 45.4 Å². The molecule has 0 fully saturated rings. The number of hydrogen-bond donors (Lipinski definition) is 0.